The molecule has 0 bridgehead atoms. The van der Waals surface area contributed by atoms with E-state index in [9.17, 15) is 9.59 Å². The molecule has 0 N–H and O–H groups in total. The van der Waals surface area contributed by atoms with Gasteiger partial charge in [-0.2, -0.15) is 5.10 Å². The molecule has 2 amide bonds. The van der Waals surface area contributed by atoms with Gasteiger partial charge in [-0.3, -0.25) is 19.2 Å². The lowest BCUT2D eigenvalue weighted by molar-refractivity contribution is -0.137. The Kier molecular flexibility index (Phi) is 6.19. The second-order valence-corrected chi connectivity index (χ2v) is 8.04. The highest BCUT2D eigenvalue weighted by atomic mass is 16.2. The van der Waals surface area contributed by atoms with Gasteiger partial charge in [0.25, 0.3) is 0 Å². The van der Waals surface area contributed by atoms with Gasteiger partial charge in [-0.25, -0.2) is 0 Å². The molecule has 27 heavy (non-hydrogen) atoms. The van der Waals surface area contributed by atoms with Crippen molar-refractivity contribution in [3.8, 4) is 0 Å². The first-order chi connectivity index (χ1) is 12.9. The number of rotatable bonds is 4. The molecule has 2 aliphatic heterocycles. The summed E-state index contributed by atoms with van der Waals surface area (Å²) in [5, 5.41) is 4.40. The molecular formula is C20H33N5O2. The first-order valence-corrected chi connectivity index (χ1v) is 10.2. The zero-order valence-corrected chi connectivity index (χ0v) is 17.2. The van der Waals surface area contributed by atoms with E-state index in [0.29, 0.717) is 32.1 Å². The zero-order valence-electron chi connectivity index (χ0n) is 17.2. The smallest absolute Gasteiger partial charge is 0.236 e. The van der Waals surface area contributed by atoms with E-state index >= 15 is 0 Å². The third kappa shape index (κ3) is 4.51. The van der Waals surface area contributed by atoms with E-state index in [1.807, 2.05) is 35.4 Å². The van der Waals surface area contributed by atoms with E-state index in [1.165, 1.54) is 6.42 Å². The average molecular weight is 376 g/mol. The number of piperidine rings is 1. The maximum Gasteiger partial charge on any atom is 0.236 e. The van der Waals surface area contributed by atoms with Crippen LogP contribution in [0.3, 0.4) is 0 Å². The van der Waals surface area contributed by atoms with E-state index in [-0.39, 0.29) is 11.8 Å². The van der Waals surface area contributed by atoms with Crippen LogP contribution in [-0.4, -0.2) is 81.6 Å². The summed E-state index contributed by atoms with van der Waals surface area (Å²) in [4.78, 5) is 31.5. The Morgan fingerprint density at radius 1 is 1.04 bits per heavy atom. The summed E-state index contributed by atoms with van der Waals surface area (Å²) in [6, 6.07) is 0.361. The monoisotopic (exact) mass is 375 g/mol. The average Bonchev–Trinajstić information content (AvgIpc) is 2.88. The van der Waals surface area contributed by atoms with Crippen LogP contribution in [0.1, 0.15) is 43.1 Å². The van der Waals surface area contributed by atoms with E-state index < -0.39 is 0 Å². The summed E-state index contributed by atoms with van der Waals surface area (Å²) in [5.74, 6) is 0.397. The lowest BCUT2D eigenvalue weighted by Gasteiger charge is -2.38. The quantitative estimate of drug-likeness (QED) is 0.791. The van der Waals surface area contributed by atoms with Gasteiger partial charge in [0, 0.05) is 57.1 Å². The minimum atomic E-state index is 0.157. The van der Waals surface area contributed by atoms with E-state index in [1.54, 1.807) is 0 Å². The molecule has 0 spiro atoms. The molecule has 1 unspecified atom stereocenters. The number of aryl methyl sites for hydroxylation is 2. The predicted octanol–water partition coefficient (Wildman–Crippen LogP) is 1.12. The van der Waals surface area contributed by atoms with Gasteiger partial charge in [-0.1, -0.05) is 0 Å². The SMILES string of the molecule is Cc1nn(C)c(C)c1CC(=O)N1CCN(CC(=O)N2CCCCC2C)CC1. The van der Waals surface area contributed by atoms with Gasteiger partial charge < -0.3 is 9.80 Å². The molecule has 0 saturated carbocycles. The number of hydrogen-bond acceptors (Lipinski definition) is 4. The van der Waals surface area contributed by atoms with Crippen LogP contribution < -0.4 is 0 Å². The van der Waals surface area contributed by atoms with Crippen LogP contribution in [0.2, 0.25) is 0 Å². The van der Waals surface area contributed by atoms with Gasteiger partial charge in [-0.15, -0.1) is 0 Å². The molecule has 150 valence electrons. The van der Waals surface area contributed by atoms with Crippen molar-refractivity contribution < 1.29 is 9.59 Å². The minimum absolute atomic E-state index is 0.157. The fourth-order valence-corrected chi connectivity index (χ4v) is 4.24. The first-order valence-electron chi connectivity index (χ1n) is 10.2. The standard InChI is InChI=1S/C20H33N5O2/c1-15-7-5-6-8-25(15)20(27)14-23-9-11-24(12-10-23)19(26)13-18-16(2)21-22(4)17(18)3/h15H,5-14H2,1-4H3. The van der Waals surface area contributed by atoms with Crippen molar-refractivity contribution >= 4 is 11.8 Å². The number of amides is 2. The normalized spacial score (nSPS) is 21.6. The van der Waals surface area contributed by atoms with Gasteiger partial charge in [0.15, 0.2) is 0 Å². The van der Waals surface area contributed by atoms with Gasteiger partial charge >= 0.3 is 0 Å². The van der Waals surface area contributed by atoms with Crippen LogP contribution in [0, 0.1) is 13.8 Å². The number of nitrogens with zero attached hydrogens (tertiary/aromatic N) is 5. The molecule has 2 fully saturated rings. The molecule has 3 heterocycles. The highest BCUT2D eigenvalue weighted by Gasteiger charge is 2.27. The Bertz CT molecular complexity index is 691. The van der Waals surface area contributed by atoms with Gasteiger partial charge in [0.05, 0.1) is 18.7 Å². The molecule has 0 radical (unpaired) electrons. The Labute approximate surface area is 162 Å². The molecule has 0 aromatic carbocycles. The van der Waals surface area contributed by atoms with Crippen molar-refractivity contribution in [1.82, 2.24) is 24.5 Å². The minimum Gasteiger partial charge on any atom is -0.340 e. The fraction of sp³-hybridized carbons (Fsp3) is 0.750. The molecule has 0 aliphatic carbocycles. The van der Waals surface area contributed by atoms with Crippen molar-refractivity contribution in [1.29, 1.82) is 0 Å². The summed E-state index contributed by atoms with van der Waals surface area (Å²) >= 11 is 0. The third-order valence-electron chi connectivity index (χ3n) is 6.19. The molecule has 2 saturated heterocycles. The number of carbonyl (C=O) groups excluding carboxylic acids is 2. The number of hydrogen-bond donors (Lipinski definition) is 0. The van der Waals surface area contributed by atoms with Crippen molar-refractivity contribution in [3.63, 3.8) is 0 Å². The highest BCUT2D eigenvalue weighted by molar-refractivity contribution is 5.80. The second-order valence-electron chi connectivity index (χ2n) is 8.04. The maximum absolute atomic E-state index is 12.7. The van der Waals surface area contributed by atoms with Crippen molar-refractivity contribution in [3.05, 3.63) is 17.0 Å². The molecule has 3 rings (SSSR count). The second kappa shape index (κ2) is 8.42. The number of carbonyl (C=O) groups is 2. The summed E-state index contributed by atoms with van der Waals surface area (Å²) in [7, 11) is 1.91. The van der Waals surface area contributed by atoms with E-state index in [0.717, 1.165) is 49.4 Å². The molecule has 7 nitrogen and oxygen atoms in total. The fourth-order valence-electron chi connectivity index (χ4n) is 4.24. The van der Waals surface area contributed by atoms with Crippen LogP contribution in [0.4, 0.5) is 0 Å². The van der Waals surface area contributed by atoms with Crippen LogP contribution in [0.15, 0.2) is 0 Å². The van der Waals surface area contributed by atoms with E-state index in [2.05, 4.69) is 16.9 Å². The number of aromatic nitrogens is 2. The molecule has 7 heteroatoms. The third-order valence-corrected chi connectivity index (χ3v) is 6.19. The zero-order chi connectivity index (χ0) is 19.6. The van der Waals surface area contributed by atoms with Gasteiger partial charge in [0.2, 0.25) is 11.8 Å². The predicted molar refractivity (Wildman–Crippen MR) is 104 cm³/mol. The largest absolute Gasteiger partial charge is 0.340 e. The Hall–Kier alpha value is -1.89. The number of likely N-dealkylation sites (tertiary alicyclic amines) is 1. The molecular weight excluding hydrogens is 342 g/mol. The Morgan fingerprint density at radius 3 is 2.33 bits per heavy atom. The van der Waals surface area contributed by atoms with Crippen LogP contribution in [0.5, 0.6) is 0 Å². The maximum atomic E-state index is 12.7. The Morgan fingerprint density at radius 2 is 1.74 bits per heavy atom. The van der Waals surface area contributed by atoms with Crippen molar-refractivity contribution in [2.45, 2.75) is 52.5 Å². The molecule has 1 aromatic rings. The molecule has 1 atom stereocenters. The van der Waals surface area contributed by atoms with Crippen molar-refractivity contribution in [2.24, 2.45) is 7.05 Å². The highest BCUT2D eigenvalue weighted by Crippen LogP contribution is 2.17. The van der Waals surface area contributed by atoms with Crippen LogP contribution in [0.25, 0.3) is 0 Å². The van der Waals surface area contributed by atoms with Gasteiger partial charge in [0.1, 0.15) is 0 Å². The van der Waals surface area contributed by atoms with Gasteiger partial charge in [-0.05, 0) is 40.0 Å². The topological polar surface area (TPSA) is 61.7 Å². The molecule has 2 aliphatic rings. The van der Waals surface area contributed by atoms with Crippen LogP contribution in [-0.2, 0) is 23.1 Å². The summed E-state index contributed by atoms with van der Waals surface area (Å²) < 4.78 is 1.84. The van der Waals surface area contributed by atoms with Crippen LogP contribution >= 0.6 is 0 Å². The van der Waals surface area contributed by atoms with Crippen molar-refractivity contribution in [2.75, 3.05) is 39.3 Å². The number of piperazine rings is 1. The first kappa shape index (κ1) is 19.9. The Balaban J connectivity index is 1.48. The lowest BCUT2D eigenvalue weighted by Crippen LogP contribution is -2.53. The lowest BCUT2D eigenvalue weighted by atomic mass is 10.0. The summed E-state index contributed by atoms with van der Waals surface area (Å²) in [6.07, 6.45) is 3.87. The summed E-state index contributed by atoms with van der Waals surface area (Å²) in [5.41, 5.74) is 3.03. The molecule has 1 aromatic heterocycles. The summed E-state index contributed by atoms with van der Waals surface area (Å²) in [6.45, 7) is 10.4. The van der Waals surface area contributed by atoms with E-state index in [4.69, 9.17) is 0 Å².